The third kappa shape index (κ3) is 4.21. The molecule has 0 aromatic carbocycles. The summed E-state index contributed by atoms with van der Waals surface area (Å²) in [5.74, 6) is 0.633. The van der Waals surface area contributed by atoms with Crippen molar-refractivity contribution < 1.29 is 0 Å². The van der Waals surface area contributed by atoms with Gasteiger partial charge in [0.15, 0.2) is 5.96 Å². The molecule has 71 valence electrons. The van der Waals surface area contributed by atoms with E-state index >= 15 is 0 Å². The van der Waals surface area contributed by atoms with Gasteiger partial charge in [0.25, 0.3) is 0 Å². The van der Waals surface area contributed by atoms with Crippen LogP contribution in [0.1, 0.15) is 33.6 Å². The summed E-state index contributed by atoms with van der Waals surface area (Å²) in [5.41, 5.74) is 5.72. The second kappa shape index (κ2) is 6.95. The molecule has 12 heavy (non-hydrogen) atoms. The second-order valence-electron chi connectivity index (χ2n) is 2.59. The fourth-order valence-electron chi connectivity index (χ4n) is 0.922. The molecule has 0 aliphatic heterocycles. The minimum Gasteiger partial charge on any atom is -0.370 e. The molecule has 2 N–H and O–H groups in total. The summed E-state index contributed by atoms with van der Waals surface area (Å²) >= 11 is 0. The van der Waals surface area contributed by atoms with E-state index in [0.717, 1.165) is 25.9 Å². The molecule has 0 rings (SSSR count). The minimum atomic E-state index is 0.633. The molecule has 3 heteroatoms. The van der Waals surface area contributed by atoms with Gasteiger partial charge in [-0.3, -0.25) is 4.99 Å². The zero-order valence-electron chi connectivity index (χ0n) is 8.38. The summed E-state index contributed by atoms with van der Waals surface area (Å²) in [6.45, 7) is 9.97. The molecule has 0 spiro atoms. The zero-order chi connectivity index (χ0) is 9.40. The first-order valence-corrected chi connectivity index (χ1v) is 4.66. The molecular formula is C9H20N3. The number of unbranched alkanes of at least 4 members (excludes halogenated alkanes) is 1. The van der Waals surface area contributed by atoms with Crippen molar-refractivity contribution in [1.82, 2.24) is 4.90 Å². The van der Waals surface area contributed by atoms with Crippen LogP contribution >= 0.6 is 0 Å². The van der Waals surface area contributed by atoms with Gasteiger partial charge in [0, 0.05) is 13.1 Å². The highest BCUT2D eigenvalue weighted by molar-refractivity contribution is 5.78. The first-order valence-electron chi connectivity index (χ1n) is 4.66. The Morgan fingerprint density at radius 1 is 1.42 bits per heavy atom. The maximum absolute atomic E-state index is 5.72. The normalized spacial score (nSPS) is 11.8. The monoisotopic (exact) mass is 170 g/mol. The number of guanidine groups is 1. The van der Waals surface area contributed by atoms with E-state index in [0.29, 0.717) is 5.96 Å². The topological polar surface area (TPSA) is 41.6 Å². The Morgan fingerprint density at radius 3 is 2.50 bits per heavy atom. The van der Waals surface area contributed by atoms with E-state index < -0.39 is 0 Å². The molecule has 0 aliphatic carbocycles. The predicted molar refractivity (Wildman–Crippen MR) is 53.8 cm³/mol. The van der Waals surface area contributed by atoms with Crippen LogP contribution in [0.4, 0.5) is 0 Å². The lowest BCUT2D eigenvalue weighted by Crippen LogP contribution is -2.35. The number of nitrogens with two attached hydrogens (primary N) is 1. The van der Waals surface area contributed by atoms with E-state index in [4.69, 9.17) is 5.73 Å². The Hall–Kier alpha value is -0.730. The van der Waals surface area contributed by atoms with E-state index in [1.807, 2.05) is 11.8 Å². The van der Waals surface area contributed by atoms with Crippen molar-refractivity contribution in [2.24, 2.45) is 10.7 Å². The lowest BCUT2D eigenvalue weighted by atomic mass is 10.3. The summed E-state index contributed by atoms with van der Waals surface area (Å²) in [4.78, 5) is 6.13. The van der Waals surface area contributed by atoms with Gasteiger partial charge in [-0.1, -0.05) is 13.3 Å². The van der Waals surface area contributed by atoms with Crippen LogP contribution in [0, 0.1) is 6.54 Å². The van der Waals surface area contributed by atoms with Crippen LogP contribution in [0.2, 0.25) is 0 Å². The molecule has 0 fully saturated rings. The van der Waals surface area contributed by atoms with Crippen LogP contribution in [0.5, 0.6) is 0 Å². The highest BCUT2D eigenvalue weighted by Gasteiger charge is 2.03. The van der Waals surface area contributed by atoms with Gasteiger partial charge in [-0.05, 0) is 20.3 Å². The third-order valence-electron chi connectivity index (χ3n) is 1.59. The van der Waals surface area contributed by atoms with Crippen LogP contribution in [0.3, 0.4) is 0 Å². The van der Waals surface area contributed by atoms with Gasteiger partial charge in [0.05, 0.1) is 6.54 Å². The summed E-state index contributed by atoms with van der Waals surface area (Å²) in [7, 11) is 0. The predicted octanol–water partition coefficient (Wildman–Crippen LogP) is 1.60. The average molecular weight is 170 g/mol. The Morgan fingerprint density at radius 2 is 2.08 bits per heavy atom. The molecule has 0 heterocycles. The van der Waals surface area contributed by atoms with E-state index in [1.165, 1.54) is 0 Å². The lowest BCUT2D eigenvalue weighted by Gasteiger charge is -2.20. The van der Waals surface area contributed by atoms with Crippen LogP contribution in [0.15, 0.2) is 4.99 Å². The SMILES string of the molecule is CCC[CH]N(CC)/C(N)=N/CC. The fraction of sp³-hybridized carbons (Fsp3) is 0.778. The van der Waals surface area contributed by atoms with Gasteiger partial charge in [0.2, 0.25) is 0 Å². The van der Waals surface area contributed by atoms with Gasteiger partial charge in [-0.15, -0.1) is 0 Å². The summed E-state index contributed by atoms with van der Waals surface area (Å²) in [6.07, 6.45) is 2.21. The number of hydrogen-bond donors (Lipinski definition) is 1. The van der Waals surface area contributed by atoms with Crippen molar-refractivity contribution in [2.75, 3.05) is 13.1 Å². The van der Waals surface area contributed by atoms with Crippen molar-refractivity contribution in [3.8, 4) is 0 Å². The molecule has 0 bridgehead atoms. The quantitative estimate of drug-likeness (QED) is 0.503. The van der Waals surface area contributed by atoms with E-state index in [9.17, 15) is 0 Å². The number of hydrogen-bond acceptors (Lipinski definition) is 1. The van der Waals surface area contributed by atoms with Gasteiger partial charge in [-0.25, -0.2) is 0 Å². The molecule has 3 nitrogen and oxygen atoms in total. The number of rotatable bonds is 5. The number of nitrogens with zero attached hydrogens (tertiary/aromatic N) is 2. The smallest absolute Gasteiger partial charge is 0.191 e. The Kier molecular flexibility index (Phi) is 6.53. The van der Waals surface area contributed by atoms with Crippen molar-refractivity contribution in [3.63, 3.8) is 0 Å². The summed E-state index contributed by atoms with van der Waals surface area (Å²) in [5, 5.41) is 0. The van der Waals surface area contributed by atoms with Gasteiger partial charge < -0.3 is 10.6 Å². The molecule has 0 saturated carbocycles. The summed E-state index contributed by atoms with van der Waals surface area (Å²) in [6, 6.07) is 0. The van der Waals surface area contributed by atoms with E-state index in [-0.39, 0.29) is 0 Å². The van der Waals surface area contributed by atoms with Gasteiger partial charge in [-0.2, -0.15) is 0 Å². The van der Waals surface area contributed by atoms with Crippen molar-refractivity contribution in [1.29, 1.82) is 0 Å². The standard InChI is InChI=1S/C9H20N3/c1-4-7-8-12(6-3)9(10)11-5-2/h8H,4-7H2,1-3H3,(H2,10,11). The van der Waals surface area contributed by atoms with Crippen LogP contribution in [0.25, 0.3) is 0 Å². The Balaban J connectivity index is 3.87. The average Bonchev–Trinajstić information content (AvgIpc) is 2.06. The van der Waals surface area contributed by atoms with E-state index in [2.05, 4.69) is 25.4 Å². The first kappa shape index (κ1) is 11.3. The maximum atomic E-state index is 5.72. The van der Waals surface area contributed by atoms with Crippen LogP contribution in [-0.2, 0) is 0 Å². The molecule has 0 unspecified atom stereocenters. The highest BCUT2D eigenvalue weighted by atomic mass is 15.2. The van der Waals surface area contributed by atoms with Gasteiger partial charge >= 0.3 is 0 Å². The molecule has 0 aromatic rings. The first-order chi connectivity index (χ1) is 5.76. The zero-order valence-corrected chi connectivity index (χ0v) is 8.38. The van der Waals surface area contributed by atoms with Crippen molar-refractivity contribution >= 4 is 5.96 Å². The lowest BCUT2D eigenvalue weighted by molar-refractivity contribution is 0.495. The van der Waals surface area contributed by atoms with Crippen molar-refractivity contribution in [3.05, 3.63) is 6.54 Å². The molecule has 0 aromatic heterocycles. The minimum absolute atomic E-state index is 0.633. The largest absolute Gasteiger partial charge is 0.370 e. The molecule has 1 radical (unpaired) electrons. The number of aliphatic imine (C=N–C) groups is 1. The highest BCUT2D eigenvalue weighted by Crippen LogP contribution is 1.99. The molecule has 0 saturated heterocycles. The Bertz CT molecular complexity index is 132. The molecule has 0 amide bonds. The summed E-state index contributed by atoms with van der Waals surface area (Å²) < 4.78 is 0. The molecule has 0 aliphatic rings. The molecule has 0 atom stereocenters. The van der Waals surface area contributed by atoms with Gasteiger partial charge in [0.1, 0.15) is 0 Å². The third-order valence-corrected chi connectivity index (χ3v) is 1.59. The maximum Gasteiger partial charge on any atom is 0.191 e. The Labute approximate surface area is 75.7 Å². The van der Waals surface area contributed by atoms with E-state index in [1.54, 1.807) is 0 Å². The van der Waals surface area contributed by atoms with Crippen molar-refractivity contribution in [2.45, 2.75) is 33.6 Å². The second-order valence-corrected chi connectivity index (χ2v) is 2.59. The fourth-order valence-corrected chi connectivity index (χ4v) is 0.922. The molecular weight excluding hydrogens is 150 g/mol. The van der Waals surface area contributed by atoms with Crippen LogP contribution in [-0.4, -0.2) is 23.9 Å². The van der Waals surface area contributed by atoms with Crippen LogP contribution < -0.4 is 5.73 Å².